The van der Waals surface area contributed by atoms with Crippen molar-refractivity contribution >= 4 is 0 Å². The van der Waals surface area contributed by atoms with Gasteiger partial charge in [0.25, 0.3) is 0 Å². The topological polar surface area (TPSA) is 20.2 Å². The molecule has 0 aliphatic heterocycles. The Morgan fingerprint density at radius 2 is 1.96 bits per heavy atom. The van der Waals surface area contributed by atoms with E-state index in [1.807, 2.05) is 13.8 Å². The van der Waals surface area contributed by atoms with Crippen LogP contribution in [0.2, 0.25) is 0 Å². The summed E-state index contributed by atoms with van der Waals surface area (Å²) in [5.74, 6) is 4.13. The van der Waals surface area contributed by atoms with Crippen LogP contribution in [0.25, 0.3) is 0 Å². The van der Waals surface area contributed by atoms with E-state index in [-0.39, 0.29) is 0 Å². The van der Waals surface area contributed by atoms with Gasteiger partial charge < -0.3 is 5.11 Å². The van der Waals surface area contributed by atoms with Crippen molar-refractivity contribution in [2.75, 3.05) is 0 Å². The summed E-state index contributed by atoms with van der Waals surface area (Å²) in [5.41, 5.74) is 1.95. The molecular weight excluding hydrogens is 340 g/mol. The minimum atomic E-state index is -0.512. The Morgan fingerprint density at radius 3 is 2.71 bits per heavy atom. The molecule has 4 aliphatic rings. The van der Waals surface area contributed by atoms with Crippen LogP contribution in [0.3, 0.4) is 0 Å². The lowest BCUT2D eigenvalue weighted by atomic mass is 9.48. The van der Waals surface area contributed by atoms with Crippen LogP contribution in [0.15, 0.2) is 36.0 Å². The second kappa shape index (κ2) is 7.15. The quantitative estimate of drug-likeness (QED) is 0.538. The van der Waals surface area contributed by atoms with Crippen molar-refractivity contribution in [3.63, 3.8) is 0 Å². The maximum atomic E-state index is 10.1. The lowest BCUT2D eigenvalue weighted by Gasteiger charge is -2.56. The van der Waals surface area contributed by atoms with Crippen LogP contribution in [0.5, 0.6) is 0 Å². The first-order valence-corrected chi connectivity index (χ1v) is 11.9. The summed E-state index contributed by atoms with van der Waals surface area (Å²) in [5, 5.41) is 10.1. The Kier molecular flexibility index (Phi) is 5.22. The minimum absolute atomic E-state index is 0.367. The second-order valence-corrected chi connectivity index (χ2v) is 11.7. The average Bonchev–Trinajstić information content (AvgIpc) is 2.97. The number of hydrogen-bond acceptors (Lipinski definition) is 1. The molecule has 0 spiro atoms. The molecule has 0 radical (unpaired) electrons. The first kappa shape index (κ1) is 20.5. The number of aliphatic hydroxyl groups is 1. The molecule has 0 heterocycles. The van der Waals surface area contributed by atoms with Crippen molar-refractivity contribution in [1.82, 2.24) is 0 Å². The van der Waals surface area contributed by atoms with E-state index in [9.17, 15) is 5.11 Å². The van der Waals surface area contributed by atoms with E-state index in [0.717, 1.165) is 42.4 Å². The standard InChI is InChI=1S/C27H42O/c1-19(9-8-16-25(2,3)28)22-13-14-23-21-12-11-20-10-6-7-17-26(20,4)24(21)15-18-27(22,23)5/h6-7,10-12,19,21-24,28H,8-9,13-18H2,1-5H3. The molecule has 1 N–H and O–H groups in total. The zero-order valence-corrected chi connectivity index (χ0v) is 18.9. The summed E-state index contributed by atoms with van der Waals surface area (Å²) in [6.07, 6.45) is 22.4. The number of allylic oxidation sites excluding steroid dienone is 6. The molecule has 0 bridgehead atoms. The zero-order chi connectivity index (χ0) is 20.2. The van der Waals surface area contributed by atoms with Gasteiger partial charge in [-0.25, -0.2) is 0 Å². The zero-order valence-electron chi connectivity index (χ0n) is 18.9. The van der Waals surface area contributed by atoms with Gasteiger partial charge in [-0.05, 0) is 98.4 Å². The van der Waals surface area contributed by atoms with Gasteiger partial charge in [0, 0.05) is 0 Å². The van der Waals surface area contributed by atoms with Gasteiger partial charge >= 0.3 is 0 Å². The van der Waals surface area contributed by atoms with Crippen LogP contribution in [0.4, 0.5) is 0 Å². The highest BCUT2D eigenvalue weighted by molar-refractivity contribution is 5.39. The third-order valence-electron chi connectivity index (χ3n) is 9.47. The number of hydrogen-bond donors (Lipinski definition) is 1. The summed E-state index contributed by atoms with van der Waals surface area (Å²) in [6.45, 7) is 11.6. The van der Waals surface area contributed by atoms with Crippen LogP contribution in [-0.4, -0.2) is 10.7 Å². The number of fused-ring (bicyclic) bond motifs is 5. The van der Waals surface area contributed by atoms with Gasteiger partial charge in [0.05, 0.1) is 5.60 Å². The molecule has 0 aromatic heterocycles. The van der Waals surface area contributed by atoms with Gasteiger partial charge in [0.2, 0.25) is 0 Å². The smallest absolute Gasteiger partial charge is 0.0591 e. The molecule has 0 saturated heterocycles. The van der Waals surface area contributed by atoms with Crippen molar-refractivity contribution in [3.8, 4) is 0 Å². The van der Waals surface area contributed by atoms with E-state index >= 15 is 0 Å². The van der Waals surface area contributed by atoms with Gasteiger partial charge in [0.15, 0.2) is 0 Å². The van der Waals surface area contributed by atoms with Crippen LogP contribution in [0.1, 0.15) is 86.0 Å². The molecule has 4 aliphatic carbocycles. The third kappa shape index (κ3) is 3.36. The third-order valence-corrected chi connectivity index (χ3v) is 9.47. The Hall–Kier alpha value is -0.820. The summed E-state index contributed by atoms with van der Waals surface area (Å²) >= 11 is 0. The van der Waals surface area contributed by atoms with Gasteiger partial charge in [0.1, 0.15) is 0 Å². The normalized spacial score (nSPS) is 43.1. The lowest BCUT2D eigenvalue weighted by Crippen LogP contribution is -2.48. The Labute approximate surface area is 173 Å². The molecule has 1 heteroatoms. The summed E-state index contributed by atoms with van der Waals surface area (Å²) in [6, 6.07) is 0. The highest BCUT2D eigenvalue weighted by Gasteiger charge is 2.58. The van der Waals surface area contributed by atoms with Crippen LogP contribution < -0.4 is 0 Å². The first-order chi connectivity index (χ1) is 13.2. The molecule has 4 rings (SSSR count). The molecule has 2 fully saturated rings. The fourth-order valence-electron chi connectivity index (χ4n) is 7.86. The Bertz CT molecular complexity index is 677. The van der Waals surface area contributed by atoms with Crippen LogP contribution in [0, 0.1) is 40.4 Å². The molecule has 7 atom stereocenters. The second-order valence-electron chi connectivity index (χ2n) is 11.7. The van der Waals surface area contributed by atoms with Crippen LogP contribution in [-0.2, 0) is 0 Å². The van der Waals surface area contributed by atoms with Crippen LogP contribution >= 0.6 is 0 Å². The predicted molar refractivity (Wildman–Crippen MR) is 119 cm³/mol. The molecule has 1 nitrogen and oxygen atoms in total. The van der Waals surface area contributed by atoms with E-state index < -0.39 is 5.60 Å². The van der Waals surface area contributed by atoms with Crippen molar-refractivity contribution in [3.05, 3.63) is 36.0 Å². The fourth-order valence-corrected chi connectivity index (χ4v) is 7.86. The monoisotopic (exact) mass is 382 g/mol. The summed E-state index contributed by atoms with van der Waals surface area (Å²) in [7, 11) is 0. The highest BCUT2D eigenvalue weighted by Crippen LogP contribution is 2.66. The van der Waals surface area contributed by atoms with Gasteiger partial charge in [-0.2, -0.15) is 0 Å². The molecule has 156 valence electrons. The Balaban J connectivity index is 1.49. The molecule has 2 saturated carbocycles. The summed E-state index contributed by atoms with van der Waals surface area (Å²) in [4.78, 5) is 0. The minimum Gasteiger partial charge on any atom is -0.390 e. The van der Waals surface area contributed by atoms with Gasteiger partial charge in [-0.15, -0.1) is 0 Å². The molecule has 28 heavy (non-hydrogen) atoms. The lowest BCUT2D eigenvalue weighted by molar-refractivity contribution is -0.0229. The van der Waals surface area contributed by atoms with Gasteiger partial charge in [-0.1, -0.05) is 64.0 Å². The SMILES string of the molecule is CC(CCCC(C)(C)O)C1CCC2C3C=CC4=CC=CCC4(C)C3CCC12C. The van der Waals surface area contributed by atoms with Crippen molar-refractivity contribution in [2.45, 2.75) is 91.6 Å². The van der Waals surface area contributed by atoms with E-state index in [4.69, 9.17) is 0 Å². The summed E-state index contributed by atoms with van der Waals surface area (Å²) < 4.78 is 0. The van der Waals surface area contributed by atoms with Crippen molar-refractivity contribution in [2.24, 2.45) is 40.4 Å². The Morgan fingerprint density at radius 1 is 1.18 bits per heavy atom. The molecular formula is C27H42O. The molecule has 0 aromatic rings. The molecule has 0 aromatic carbocycles. The van der Waals surface area contributed by atoms with Crippen molar-refractivity contribution in [1.29, 1.82) is 0 Å². The van der Waals surface area contributed by atoms with E-state index in [2.05, 4.69) is 51.2 Å². The first-order valence-electron chi connectivity index (χ1n) is 11.9. The average molecular weight is 383 g/mol. The van der Waals surface area contributed by atoms with E-state index in [1.165, 1.54) is 38.5 Å². The maximum absolute atomic E-state index is 10.1. The maximum Gasteiger partial charge on any atom is 0.0591 e. The fraction of sp³-hybridized carbons (Fsp3) is 0.778. The highest BCUT2D eigenvalue weighted by atomic mass is 16.3. The van der Waals surface area contributed by atoms with Crippen molar-refractivity contribution < 1.29 is 5.11 Å². The molecule has 0 amide bonds. The predicted octanol–water partition coefficient (Wildman–Crippen LogP) is 7.08. The van der Waals surface area contributed by atoms with Gasteiger partial charge in [-0.3, -0.25) is 0 Å². The largest absolute Gasteiger partial charge is 0.390 e. The van der Waals surface area contributed by atoms with E-state index in [1.54, 1.807) is 5.57 Å². The molecule has 7 unspecified atom stereocenters. The number of rotatable bonds is 5. The van der Waals surface area contributed by atoms with E-state index in [0.29, 0.717) is 10.8 Å².